The largest absolute Gasteiger partial charge is 0.497 e. The van der Waals surface area contributed by atoms with E-state index < -0.39 is 7.12 Å². The lowest BCUT2D eigenvalue weighted by atomic mass is 9.77. The molecule has 0 aliphatic rings. The molecule has 0 aliphatic carbocycles. The first-order valence-electron chi connectivity index (χ1n) is 5.68. The van der Waals surface area contributed by atoms with Gasteiger partial charge in [-0.25, -0.2) is 4.98 Å². The van der Waals surface area contributed by atoms with Crippen LogP contribution in [0.2, 0.25) is 0 Å². The average Bonchev–Trinajstić information content (AvgIpc) is 2.81. The molecule has 2 aromatic rings. The molecular weight excluding hydrogens is 281 g/mol. The average molecular weight is 295 g/mol. The summed E-state index contributed by atoms with van der Waals surface area (Å²) < 4.78 is 6.13. The van der Waals surface area contributed by atoms with Crippen LogP contribution >= 0.6 is 23.1 Å². The molecular formula is C12H14BNO3S2. The molecule has 0 amide bonds. The van der Waals surface area contributed by atoms with Crippen LogP contribution in [-0.2, 0) is 5.75 Å². The first kappa shape index (κ1) is 14.4. The molecule has 0 saturated carbocycles. The number of aryl methyl sites for hydroxylation is 1. The summed E-state index contributed by atoms with van der Waals surface area (Å²) in [5.74, 6) is 1.33. The zero-order valence-corrected chi connectivity index (χ0v) is 12.3. The summed E-state index contributed by atoms with van der Waals surface area (Å²) in [5, 5.41) is 20.7. The number of aromatic nitrogens is 1. The van der Waals surface area contributed by atoms with Gasteiger partial charge in [-0.05, 0) is 30.1 Å². The minimum Gasteiger partial charge on any atom is -0.497 e. The number of ether oxygens (including phenoxy) is 1. The minimum atomic E-state index is -1.47. The van der Waals surface area contributed by atoms with Crippen molar-refractivity contribution in [3.8, 4) is 5.75 Å². The van der Waals surface area contributed by atoms with Crippen LogP contribution in [0.3, 0.4) is 0 Å². The Hall–Kier alpha value is -1.02. The SMILES string of the molecule is COc1ccc(B(O)O)c(CSc2nc(C)cs2)c1. The van der Waals surface area contributed by atoms with Gasteiger partial charge in [0.25, 0.3) is 0 Å². The summed E-state index contributed by atoms with van der Waals surface area (Å²) in [6, 6.07) is 5.21. The molecule has 0 atom stereocenters. The van der Waals surface area contributed by atoms with E-state index in [1.165, 1.54) is 0 Å². The molecule has 1 heterocycles. The molecule has 1 aromatic heterocycles. The molecule has 7 heteroatoms. The van der Waals surface area contributed by atoms with Crippen molar-refractivity contribution >= 4 is 35.7 Å². The van der Waals surface area contributed by atoms with Crippen LogP contribution < -0.4 is 10.2 Å². The molecule has 0 unspecified atom stereocenters. The summed E-state index contributed by atoms with van der Waals surface area (Å²) in [5.41, 5.74) is 2.34. The van der Waals surface area contributed by atoms with Crippen molar-refractivity contribution in [2.45, 2.75) is 17.0 Å². The molecule has 0 saturated heterocycles. The van der Waals surface area contributed by atoms with Crippen LogP contribution in [0.4, 0.5) is 0 Å². The van der Waals surface area contributed by atoms with Gasteiger partial charge in [0.1, 0.15) is 10.1 Å². The Morgan fingerprint density at radius 2 is 2.21 bits per heavy atom. The van der Waals surface area contributed by atoms with E-state index in [4.69, 9.17) is 4.74 Å². The van der Waals surface area contributed by atoms with Crippen molar-refractivity contribution < 1.29 is 14.8 Å². The maximum Gasteiger partial charge on any atom is 0.488 e. The molecule has 0 aliphatic heterocycles. The number of methoxy groups -OCH3 is 1. The van der Waals surface area contributed by atoms with E-state index in [2.05, 4.69) is 4.98 Å². The highest BCUT2D eigenvalue weighted by molar-refractivity contribution is 8.00. The topological polar surface area (TPSA) is 62.6 Å². The Kier molecular flexibility index (Phi) is 4.87. The van der Waals surface area contributed by atoms with E-state index in [1.807, 2.05) is 18.4 Å². The van der Waals surface area contributed by atoms with Crippen molar-refractivity contribution in [1.29, 1.82) is 0 Å². The zero-order chi connectivity index (χ0) is 13.8. The fourth-order valence-electron chi connectivity index (χ4n) is 1.62. The third kappa shape index (κ3) is 3.73. The van der Waals surface area contributed by atoms with E-state index in [0.717, 1.165) is 15.6 Å². The molecule has 19 heavy (non-hydrogen) atoms. The van der Waals surface area contributed by atoms with Gasteiger partial charge >= 0.3 is 7.12 Å². The van der Waals surface area contributed by atoms with Gasteiger partial charge in [-0.1, -0.05) is 17.8 Å². The second kappa shape index (κ2) is 6.43. The van der Waals surface area contributed by atoms with Crippen molar-refractivity contribution in [2.75, 3.05) is 7.11 Å². The molecule has 4 nitrogen and oxygen atoms in total. The third-order valence-corrected chi connectivity index (χ3v) is 4.77. The van der Waals surface area contributed by atoms with E-state index >= 15 is 0 Å². The molecule has 100 valence electrons. The predicted molar refractivity (Wildman–Crippen MR) is 79.2 cm³/mol. The maximum atomic E-state index is 9.36. The maximum absolute atomic E-state index is 9.36. The summed E-state index contributed by atoms with van der Waals surface area (Å²) in [6.07, 6.45) is 0. The fraction of sp³-hybridized carbons (Fsp3) is 0.250. The summed E-state index contributed by atoms with van der Waals surface area (Å²) in [7, 11) is 0.116. The Labute approximate surface area is 120 Å². The Morgan fingerprint density at radius 1 is 1.42 bits per heavy atom. The van der Waals surface area contributed by atoms with E-state index in [0.29, 0.717) is 17.0 Å². The number of hydrogen-bond donors (Lipinski definition) is 2. The quantitative estimate of drug-likeness (QED) is 0.645. The van der Waals surface area contributed by atoms with Gasteiger partial charge in [0, 0.05) is 16.8 Å². The Morgan fingerprint density at radius 3 is 2.79 bits per heavy atom. The number of rotatable bonds is 5. The number of thioether (sulfide) groups is 1. The van der Waals surface area contributed by atoms with Gasteiger partial charge < -0.3 is 14.8 Å². The smallest absolute Gasteiger partial charge is 0.488 e. The number of benzene rings is 1. The standard InChI is InChI=1S/C12H14BNO3S2/c1-8-6-18-12(14-8)19-7-9-5-10(17-2)3-4-11(9)13(15)16/h3-6,15-16H,7H2,1-2H3. The van der Waals surface area contributed by atoms with Gasteiger partial charge in [0.2, 0.25) is 0 Å². The van der Waals surface area contributed by atoms with Gasteiger partial charge in [-0.3, -0.25) is 0 Å². The van der Waals surface area contributed by atoms with Crippen molar-refractivity contribution in [1.82, 2.24) is 4.98 Å². The number of thiazole rings is 1. The highest BCUT2D eigenvalue weighted by Crippen LogP contribution is 2.26. The van der Waals surface area contributed by atoms with Crippen molar-refractivity contribution in [3.63, 3.8) is 0 Å². The Balaban J connectivity index is 2.17. The van der Waals surface area contributed by atoms with Crippen LogP contribution in [0.15, 0.2) is 27.9 Å². The molecule has 0 fully saturated rings. The highest BCUT2D eigenvalue weighted by Gasteiger charge is 2.17. The summed E-state index contributed by atoms with van der Waals surface area (Å²) in [4.78, 5) is 4.37. The number of nitrogens with zero attached hydrogens (tertiary/aromatic N) is 1. The Bertz CT molecular complexity index is 560. The molecule has 2 rings (SSSR count). The lowest BCUT2D eigenvalue weighted by Crippen LogP contribution is -2.32. The molecule has 0 bridgehead atoms. The van der Waals surface area contributed by atoms with Gasteiger partial charge in [-0.15, -0.1) is 11.3 Å². The first-order valence-corrected chi connectivity index (χ1v) is 7.54. The molecule has 1 aromatic carbocycles. The van der Waals surface area contributed by atoms with Crippen LogP contribution in [0.25, 0.3) is 0 Å². The lowest BCUT2D eigenvalue weighted by molar-refractivity contribution is 0.413. The van der Waals surface area contributed by atoms with Gasteiger partial charge in [0.15, 0.2) is 0 Å². The number of hydrogen-bond acceptors (Lipinski definition) is 6. The third-order valence-electron chi connectivity index (χ3n) is 2.58. The highest BCUT2D eigenvalue weighted by atomic mass is 32.2. The summed E-state index contributed by atoms with van der Waals surface area (Å²) in [6.45, 7) is 1.95. The monoisotopic (exact) mass is 295 g/mol. The van der Waals surface area contributed by atoms with Crippen molar-refractivity contribution in [2.24, 2.45) is 0 Å². The lowest BCUT2D eigenvalue weighted by Gasteiger charge is -2.10. The predicted octanol–water partition coefficient (Wildman–Crippen LogP) is 1.43. The second-order valence-corrected chi connectivity index (χ2v) is 6.06. The minimum absolute atomic E-state index is 0.501. The van der Waals surface area contributed by atoms with Crippen LogP contribution in [0.5, 0.6) is 5.75 Å². The van der Waals surface area contributed by atoms with E-state index in [-0.39, 0.29) is 0 Å². The zero-order valence-electron chi connectivity index (χ0n) is 10.7. The molecule has 0 radical (unpaired) electrons. The van der Waals surface area contributed by atoms with Crippen LogP contribution in [-0.4, -0.2) is 29.3 Å². The van der Waals surface area contributed by atoms with E-state index in [1.54, 1.807) is 42.3 Å². The van der Waals surface area contributed by atoms with Crippen molar-refractivity contribution in [3.05, 3.63) is 34.8 Å². The van der Waals surface area contributed by atoms with Gasteiger partial charge in [0.05, 0.1) is 7.11 Å². The van der Waals surface area contributed by atoms with Crippen LogP contribution in [0.1, 0.15) is 11.3 Å². The van der Waals surface area contributed by atoms with Crippen LogP contribution in [0, 0.1) is 6.92 Å². The normalized spacial score (nSPS) is 10.5. The molecule has 0 spiro atoms. The second-order valence-electron chi connectivity index (χ2n) is 3.98. The van der Waals surface area contributed by atoms with E-state index in [9.17, 15) is 10.0 Å². The van der Waals surface area contributed by atoms with Gasteiger partial charge in [-0.2, -0.15) is 0 Å². The first-order chi connectivity index (χ1) is 9.10. The summed E-state index contributed by atoms with van der Waals surface area (Å²) >= 11 is 3.16. The molecule has 2 N–H and O–H groups in total. The fourth-order valence-corrected chi connectivity index (χ4v) is 3.48.